The normalized spacial score (nSPS) is 11.8. The van der Waals surface area contributed by atoms with E-state index in [2.05, 4.69) is 20.0 Å². The smallest absolute Gasteiger partial charge is 0.406 e. The fourth-order valence-corrected chi connectivity index (χ4v) is 3.75. The van der Waals surface area contributed by atoms with E-state index in [0.717, 1.165) is 23.3 Å². The number of halogens is 3. The molecule has 0 fully saturated rings. The van der Waals surface area contributed by atoms with E-state index in [1.54, 1.807) is 0 Å². The van der Waals surface area contributed by atoms with Crippen LogP contribution in [0.4, 0.5) is 13.2 Å². The van der Waals surface area contributed by atoms with E-state index >= 15 is 0 Å². The molecule has 2 heterocycles. The molecule has 34 heavy (non-hydrogen) atoms. The van der Waals surface area contributed by atoms with Crippen LogP contribution in [-0.4, -0.2) is 30.9 Å². The summed E-state index contributed by atoms with van der Waals surface area (Å²) in [5.41, 5.74) is 1.99. The molecule has 5 rings (SSSR count). The summed E-state index contributed by atoms with van der Waals surface area (Å²) < 4.78 is 43.9. The third-order valence-corrected chi connectivity index (χ3v) is 5.21. The second kappa shape index (κ2) is 8.47. The molecule has 0 spiro atoms. The van der Waals surface area contributed by atoms with Gasteiger partial charge < -0.3 is 4.74 Å². The van der Waals surface area contributed by atoms with E-state index in [9.17, 15) is 18.0 Å². The Hall–Kier alpha value is -4.47. The van der Waals surface area contributed by atoms with Gasteiger partial charge in [0.15, 0.2) is 11.2 Å². The summed E-state index contributed by atoms with van der Waals surface area (Å²) in [5.74, 6) is -0.371. The first kappa shape index (κ1) is 21.4. The van der Waals surface area contributed by atoms with Gasteiger partial charge in [-0.25, -0.2) is 4.98 Å². The maximum atomic E-state index is 13.4. The SMILES string of the molecule is O=c1c2nnn(-c3ccc(OC(F)(F)F)cc3)c2ncn1C(c1ccccc1)c1ccccc1. The molecule has 7 nitrogen and oxygen atoms in total. The maximum absolute atomic E-state index is 13.4. The molecule has 0 saturated carbocycles. The third-order valence-electron chi connectivity index (χ3n) is 5.21. The fourth-order valence-electron chi connectivity index (χ4n) is 3.75. The molecule has 10 heteroatoms. The van der Waals surface area contributed by atoms with Crippen LogP contribution in [0.25, 0.3) is 16.9 Å². The predicted octanol–water partition coefficient (Wildman–Crippen LogP) is 4.51. The Labute approximate surface area is 190 Å². The zero-order chi connectivity index (χ0) is 23.7. The summed E-state index contributed by atoms with van der Waals surface area (Å²) in [6.45, 7) is 0. The number of rotatable bonds is 5. The van der Waals surface area contributed by atoms with Gasteiger partial charge >= 0.3 is 6.36 Å². The molecule has 0 bridgehead atoms. The van der Waals surface area contributed by atoms with Crippen molar-refractivity contribution < 1.29 is 17.9 Å². The zero-order valence-corrected chi connectivity index (χ0v) is 17.4. The standard InChI is InChI=1S/C24H16F3N5O2/c25-24(26,27)34-19-13-11-18(12-14-19)32-22-20(29-30-32)23(33)31(15-28-22)21(16-7-3-1-4-8-16)17-9-5-2-6-10-17/h1-15,21H. The van der Waals surface area contributed by atoms with Crippen molar-refractivity contribution in [2.45, 2.75) is 12.4 Å². The number of fused-ring (bicyclic) bond motifs is 1. The molecule has 0 aliphatic carbocycles. The van der Waals surface area contributed by atoms with E-state index in [4.69, 9.17) is 0 Å². The summed E-state index contributed by atoms with van der Waals surface area (Å²) in [6.07, 6.45) is -3.36. The van der Waals surface area contributed by atoms with Crippen molar-refractivity contribution in [1.82, 2.24) is 24.5 Å². The van der Waals surface area contributed by atoms with Gasteiger partial charge in [-0.3, -0.25) is 9.36 Å². The lowest BCUT2D eigenvalue weighted by Crippen LogP contribution is -2.27. The van der Waals surface area contributed by atoms with Crippen LogP contribution >= 0.6 is 0 Å². The van der Waals surface area contributed by atoms with Crippen LogP contribution < -0.4 is 10.3 Å². The van der Waals surface area contributed by atoms with Crippen molar-refractivity contribution in [2.24, 2.45) is 0 Å². The van der Waals surface area contributed by atoms with Crippen molar-refractivity contribution >= 4 is 11.2 Å². The first-order valence-corrected chi connectivity index (χ1v) is 10.2. The Balaban J connectivity index is 1.58. The summed E-state index contributed by atoms with van der Waals surface area (Å²) in [4.78, 5) is 17.9. The molecular weight excluding hydrogens is 447 g/mol. The van der Waals surface area contributed by atoms with E-state index in [1.807, 2.05) is 60.7 Å². The number of ether oxygens (including phenoxy) is 1. The number of hydrogen-bond donors (Lipinski definition) is 0. The highest BCUT2D eigenvalue weighted by atomic mass is 19.4. The molecule has 0 aliphatic rings. The van der Waals surface area contributed by atoms with Gasteiger partial charge in [0, 0.05) is 0 Å². The average Bonchev–Trinajstić information content (AvgIpc) is 3.27. The molecule has 2 aromatic heterocycles. The highest BCUT2D eigenvalue weighted by Crippen LogP contribution is 2.26. The largest absolute Gasteiger partial charge is 0.573 e. The molecule has 0 N–H and O–H groups in total. The Bertz CT molecular complexity index is 1440. The lowest BCUT2D eigenvalue weighted by Gasteiger charge is -2.20. The summed E-state index contributed by atoms with van der Waals surface area (Å²) >= 11 is 0. The second-order valence-electron chi connectivity index (χ2n) is 7.40. The molecule has 0 saturated heterocycles. The minimum Gasteiger partial charge on any atom is -0.406 e. The molecule has 0 atom stereocenters. The predicted molar refractivity (Wildman–Crippen MR) is 118 cm³/mol. The van der Waals surface area contributed by atoms with Gasteiger partial charge in [0.05, 0.1) is 11.7 Å². The molecule has 0 amide bonds. The van der Waals surface area contributed by atoms with E-state index in [0.29, 0.717) is 5.69 Å². The highest BCUT2D eigenvalue weighted by Gasteiger charge is 2.31. The number of aromatic nitrogens is 5. The Morgan fingerprint density at radius 2 is 1.41 bits per heavy atom. The van der Waals surface area contributed by atoms with Gasteiger partial charge in [-0.2, -0.15) is 4.68 Å². The number of alkyl halides is 3. The van der Waals surface area contributed by atoms with Crippen LogP contribution in [0.1, 0.15) is 17.2 Å². The van der Waals surface area contributed by atoms with Gasteiger partial charge in [-0.1, -0.05) is 65.9 Å². The molecular formula is C24H16F3N5O2. The summed E-state index contributed by atoms with van der Waals surface area (Å²) in [5, 5.41) is 8.02. The van der Waals surface area contributed by atoms with Crippen molar-refractivity contribution in [3.05, 3.63) is 113 Å². The molecule has 3 aromatic carbocycles. The first-order valence-electron chi connectivity index (χ1n) is 10.2. The summed E-state index contributed by atoms with van der Waals surface area (Å²) in [6, 6.07) is 23.7. The summed E-state index contributed by atoms with van der Waals surface area (Å²) in [7, 11) is 0. The van der Waals surface area contributed by atoms with E-state index in [1.165, 1.54) is 27.7 Å². The van der Waals surface area contributed by atoms with Crippen molar-refractivity contribution in [2.75, 3.05) is 0 Å². The van der Waals surface area contributed by atoms with Crippen molar-refractivity contribution in [3.8, 4) is 11.4 Å². The zero-order valence-electron chi connectivity index (χ0n) is 17.4. The highest BCUT2D eigenvalue weighted by molar-refractivity contribution is 5.70. The van der Waals surface area contributed by atoms with Crippen LogP contribution in [0.5, 0.6) is 5.75 Å². The lowest BCUT2D eigenvalue weighted by molar-refractivity contribution is -0.274. The lowest BCUT2D eigenvalue weighted by atomic mass is 9.98. The quantitative estimate of drug-likeness (QED) is 0.383. The first-order chi connectivity index (χ1) is 16.4. The van der Waals surface area contributed by atoms with Crippen LogP contribution in [0, 0.1) is 0 Å². The number of nitrogens with zero attached hydrogens (tertiary/aromatic N) is 5. The molecule has 0 unspecified atom stereocenters. The van der Waals surface area contributed by atoms with Crippen molar-refractivity contribution in [3.63, 3.8) is 0 Å². The van der Waals surface area contributed by atoms with E-state index < -0.39 is 18.0 Å². The molecule has 170 valence electrons. The maximum Gasteiger partial charge on any atom is 0.573 e. The van der Waals surface area contributed by atoms with Crippen LogP contribution in [0.15, 0.2) is 96.1 Å². The monoisotopic (exact) mass is 463 g/mol. The number of benzene rings is 3. The van der Waals surface area contributed by atoms with Gasteiger partial charge in [0.25, 0.3) is 5.56 Å². The Morgan fingerprint density at radius 3 is 1.97 bits per heavy atom. The average molecular weight is 463 g/mol. The number of hydrogen-bond acceptors (Lipinski definition) is 5. The van der Waals surface area contributed by atoms with Gasteiger partial charge in [-0.05, 0) is 35.4 Å². The van der Waals surface area contributed by atoms with Gasteiger partial charge in [0.2, 0.25) is 0 Å². The topological polar surface area (TPSA) is 74.8 Å². The molecule has 0 radical (unpaired) electrons. The Kier molecular flexibility index (Phi) is 5.33. The minimum atomic E-state index is -4.79. The van der Waals surface area contributed by atoms with Gasteiger partial charge in [0.1, 0.15) is 12.1 Å². The van der Waals surface area contributed by atoms with Crippen LogP contribution in [-0.2, 0) is 0 Å². The van der Waals surface area contributed by atoms with Crippen LogP contribution in [0.2, 0.25) is 0 Å². The third kappa shape index (κ3) is 4.13. The van der Waals surface area contributed by atoms with Crippen molar-refractivity contribution in [1.29, 1.82) is 0 Å². The molecule has 0 aliphatic heterocycles. The minimum absolute atomic E-state index is 0.0370. The van der Waals surface area contributed by atoms with E-state index in [-0.39, 0.29) is 16.9 Å². The second-order valence-corrected chi connectivity index (χ2v) is 7.40. The fraction of sp³-hybridized carbons (Fsp3) is 0.0833. The Morgan fingerprint density at radius 1 is 0.824 bits per heavy atom. The molecule has 5 aromatic rings. The van der Waals surface area contributed by atoms with Gasteiger partial charge in [-0.15, -0.1) is 18.3 Å². The van der Waals surface area contributed by atoms with Crippen LogP contribution in [0.3, 0.4) is 0 Å².